The van der Waals surface area contributed by atoms with E-state index in [1.165, 1.54) is 6.07 Å². The maximum absolute atomic E-state index is 10.7. The number of nitrogens with zero attached hydrogens (tertiary/aromatic N) is 1. The van der Waals surface area contributed by atoms with Crippen molar-refractivity contribution in [3.63, 3.8) is 0 Å². The summed E-state index contributed by atoms with van der Waals surface area (Å²) in [7, 11) is 0. The SMILES string of the molecule is CCc1cc(C(=O)O)ncc1C(=O)O. The Kier molecular flexibility index (Phi) is 2.81. The Morgan fingerprint density at radius 3 is 2.43 bits per heavy atom. The quantitative estimate of drug-likeness (QED) is 0.752. The Bertz CT molecular complexity index is 386. The molecule has 0 fully saturated rings. The van der Waals surface area contributed by atoms with Crippen LogP contribution in [0.4, 0.5) is 0 Å². The first-order chi connectivity index (χ1) is 6.56. The molecule has 1 aromatic rings. The van der Waals surface area contributed by atoms with Gasteiger partial charge in [-0.2, -0.15) is 0 Å². The van der Waals surface area contributed by atoms with E-state index in [1.54, 1.807) is 6.92 Å². The summed E-state index contributed by atoms with van der Waals surface area (Å²) < 4.78 is 0. The third kappa shape index (κ3) is 1.87. The molecule has 0 radical (unpaired) electrons. The average Bonchev–Trinajstić information content (AvgIpc) is 2.16. The van der Waals surface area contributed by atoms with Crippen LogP contribution in [-0.2, 0) is 6.42 Å². The van der Waals surface area contributed by atoms with Gasteiger partial charge in [-0.25, -0.2) is 14.6 Å². The van der Waals surface area contributed by atoms with Gasteiger partial charge in [0, 0.05) is 6.20 Å². The van der Waals surface area contributed by atoms with Crippen molar-refractivity contribution in [2.75, 3.05) is 0 Å². The Hall–Kier alpha value is -1.91. The molecule has 0 aliphatic heterocycles. The van der Waals surface area contributed by atoms with Gasteiger partial charge in [-0.05, 0) is 18.1 Å². The number of carboxylic acid groups (broad SMARTS) is 2. The Morgan fingerprint density at radius 2 is 2.00 bits per heavy atom. The summed E-state index contributed by atoms with van der Waals surface area (Å²) in [5, 5.41) is 17.4. The zero-order valence-electron chi connectivity index (χ0n) is 7.52. The molecule has 2 N–H and O–H groups in total. The normalized spacial score (nSPS) is 9.79. The number of carbonyl (C=O) groups is 2. The highest BCUT2D eigenvalue weighted by molar-refractivity contribution is 5.91. The first-order valence-corrected chi connectivity index (χ1v) is 4.01. The number of aromatic nitrogens is 1. The number of hydrogen-bond acceptors (Lipinski definition) is 3. The van der Waals surface area contributed by atoms with Crippen molar-refractivity contribution in [3.8, 4) is 0 Å². The molecule has 5 heteroatoms. The minimum Gasteiger partial charge on any atom is -0.478 e. The summed E-state index contributed by atoms with van der Waals surface area (Å²) in [6.45, 7) is 1.76. The standard InChI is InChI=1S/C9H9NO4/c1-2-5-3-7(9(13)14)10-4-6(5)8(11)12/h3-4H,2H2,1H3,(H,11,12)(H,13,14). The molecule has 0 aromatic carbocycles. The summed E-state index contributed by atoms with van der Waals surface area (Å²) in [5.74, 6) is -2.25. The van der Waals surface area contributed by atoms with Crippen LogP contribution in [-0.4, -0.2) is 27.1 Å². The second-order valence-electron chi connectivity index (χ2n) is 2.69. The number of hydrogen-bond donors (Lipinski definition) is 2. The molecule has 0 spiro atoms. The lowest BCUT2D eigenvalue weighted by molar-refractivity contribution is 0.0675. The lowest BCUT2D eigenvalue weighted by atomic mass is 10.1. The Balaban J connectivity index is 3.25. The van der Waals surface area contributed by atoms with Crippen molar-refractivity contribution in [1.29, 1.82) is 0 Å². The molecule has 0 bridgehead atoms. The molecule has 1 aromatic heterocycles. The predicted molar refractivity (Wildman–Crippen MR) is 47.5 cm³/mol. The minimum atomic E-state index is -1.16. The van der Waals surface area contributed by atoms with Crippen molar-refractivity contribution in [1.82, 2.24) is 4.98 Å². The van der Waals surface area contributed by atoms with Crippen LogP contribution in [0, 0.1) is 0 Å². The van der Waals surface area contributed by atoms with Crippen LogP contribution in [0.5, 0.6) is 0 Å². The number of pyridine rings is 1. The summed E-state index contributed by atoms with van der Waals surface area (Å²) in [6.07, 6.45) is 1.54. The van der Waals surface area contributed by atoms with Gasteiger partial charge in [0.05, 0.1) is 5.56 Å². The third-order valence-electron chi connectivity index (χ3n) is 1.82. The van der Waals surface area contributed by atoms with Gasteiger partial charge >= 0.3 is 11.9 Å². The van der Waals surface area contributed by atoms with Crippen LogP contribution in [0.1, 0.15) is 33.3 Å². The first-order valence-electron chi connectivity index (χ1n) is 4.01. The van der Waals surface area contributed by atoms with Crippen molar-refractivity contribution in [2.24, 2.45) is 0 Å². The molecule has 0 saturated carbocycles. The highest BCUT2D eigenvalue weighted by Gasteiger charge is 2.12. The van der Waals surface area contributed by atoms with E-state index >= 15 is 0 Å². The highest BCUT2D eigenvalue weighted by atomic mass is 16.4. The maximum atomic E-state index is 10.7. The highest BCUT2D eigenvalue weighted by Crippen LogP contribution is 2.10. The number of rotatable bonds is 3. The molecule has 1 rings (SSSR count). The van der Waals surface area contributed by atoms with Gasteiger partial charge in [0.15, 0.2) is 0 Å². The smallest absolute Gasteiger partial charge is 0.354 e. The monoisotopic (exact) mass is 195 g/mol. The number of aryl methyl sites for hydroxylation is 1. The summed E-state index contributed by atoms with van der Waals surface area (Å²) in [5.41, 5.74) is 0.397. The molecular weight excluding hydrogens is 186 g/mol. The van der Waals surface area contributed by atoms with Gasteiger partial charge in [-0.15, -0.1) is 0 Å². The fourth-order valence-corrected chi connectivity index (χ4v) is 1.10. The Morgan fingerprint density at radius 1 is 1.36 bits per heavy atom. The van der Waals surface area contributed by atoms with Crippen LogP contribution in [0.2, 0.25) is 0 Å². The lowest BCUT2D eigenvalue weighted by Gasteiger charge is -2.03. The predicted octanol–water partition coefficient (Wildman–Crippen LogP) is 1.04. The van der Waals surface area contributed by atoms with E-state index in [4.69, 9.17) is 10.2 Å². The molecule has 1 heterocycles. The van der Waals surface area contributed by atoms with Crippen molar-refractivity contribution in [2.45, 2.75) is 13.3 Å². The summed E-state index contributed by atoms with van der Waals surface area (Å²) >= 11 is 0. The van der Waals surface area contributed by atoms with Gasteiger partial charge in [-0.3, -0.25) is 0 Å². The molecule has 0 atom stereocenters. The van der Waals surface area contributed by atoms with E-state index in [1.807, 2.05) is 0 Å². The van der Waals surface area contributed by atoms with E-state index in [2.05, 4.69) is 4.98 Å². The molecule has 0 saturated heterocycles. The molecule has 0 aliphatic carbocycles. The van der Waals surface area contributed by atoms with Crippen molar-refractivity contribution >= 4 is 11.9 Å². The van der Waals surface area contributed by atoms with Crippen LogP contribution < -0.4 is 0 Å². The van der Waals surface area contributed by atoms with Gasteiger partial charge in [0.1, 0.15) is 5.69 Å². The van der Waals surface area contributed by atoms with Gasteiger partial charge in [0.25, 0.3) is 0 Å². The summed E-state index contributed by atoms with van der Waals surface area (Å²) in [6, 6.07) is 1.28. The summed E-state index contributed by atoms with van der Waals surface area (Å²) in [4.78, 5) is 24.7. The fraction of sp³-hybridized carbons (Fsp3) is 0.222. The molecule has 74 valence electrons. The van der Waals surface area contributed by atoms with Crippen LogP contribution in [0.15, 0.2) is 12.3 Å². The second kappa shape index (κ2) is 3.87. The number of aromatic carboxylic acids is 2. The fourth-order valence-electron chi connectivity index (χ4n) is 1.10. The molecule has 0 aliphatic rings. The number of carboxylic acids is 2. The topological polar surface area (TPSA) is 87.5 Å². The third-order valence-corrected chi connectivity index (χ3v) is 1.82. The van der Waals surface area contributed by atoms with Gasteiger partial charge < -0.3 is 10.2 Å². The van der Waals surface area contributed by atoms with Crippen molar-refractivity contribution < 1.29 is 19.8 Å². The zero-order valence-corrected chi connectivity index (χ0v) is 7.52. The van der Waals surface area contributed by atoms with E-state index in [0.717, 1.165) is 6.20 Å². The largest absolute Gasteiger partial charge is 0.478 e. The lowest BCUT2D eigenvalue weighted by Crippen LogP contribution is -2.07. The Labute approximate surface area is 80.0 Å². The second-order valence-corrected chi connectivity index (χ2v) is 2.69. The van der Waals surface area contributed by atoms with Crippen molar-refractivity contribution in [3.05, 3.63) is 29.1 Å². The molecule has 0 unspecified atom stereocenters. The van der Waals surface area contributed by atoms with E-state index in [-0.39, 0.29) is 11.3 Å². The minimum absolute atomic E-state index is 0.0532. The van der Waals surface area contributed by atoms with Gasteiger partial charge in [-0.1, -0.05) is 6.92 Å². The van der Waals surface area contributed by atoms with Crippen LogP contribution >= 0.6 is 0 Å². The molecule has 14 heavy (non-hydrogen) atoms. The van der Waals surface area contributed by atoms with E-state index < -0.39 is 11.9 Å². The van der Waals surface area contributed by atoms with Crippen LogP contribution in [0.3, 0.4) is 0 Å². The molecular formula is C9H9NO4. The first kappa shape index (κ1) is 10.2. The van der Waals surface area contributed by atoms with E-state index in [9.17, 15) is 9.59 Å². The van der Waals surface area contributed by atoms with Gasteiger partial charge in [0.2, 0.25) is 0 Å². The maximum Gasteiger partial charge on any atom is 0.354 e. The zero-order chi connectivity index (χ0) is 10.7. The van der Waals surface area contributed by atoms with E-state index in [0.29, 0.717) is 12.0 Å². The molecule has 5 nitrogen and oxygen atoms in total. The van der Waals surface area contributed by atoms with Crippen LogP contribution in [0.25, 0.3) is 0 Å². The molecule has 0 amide bonds. The average molecular weight is 195 g/mol.